The molecular formula is C16H22N4OS. The Morgan fingerprint density at radius 2 is 1.86 bits per heavy atom. The normalized spacial score (nSPS) is 11.2. The van der Waals surface area contributed by atoms with Gasteiger partial charge < -0.3 is 5.32 Å². The van der Waals surface area contributed by atoms with E-state index in [1.165, 1.54) is 17.3 Å². The second-order valence-corrected chi connectivity index (χ2v) is 6.71. The maximum Gasteiger partial charge on any atom is 0.234 e. The van der Waals surface area contributed by atoms with Crippen molar-refractivity contribution in [1.82, 2.24) is 15.2 Å². The van der Waals surface area contributed by atoms with Crippen molar-refractivity contribution in [3.8, 4) is 0 Å². The highest BCUT2D eigenvalue weighted by atomic mass is 32.2. The zero-order chi connectivity index (χ0) is 16.1. The fourth-order valence-electron chi connectivity index (χ4n) is 1.86. The zero-order valence-electron chi connectivity index (χ0n) is 13.4. The lowest BCUT2D eigenvalue weighted by Crippen LogP contribution is -2.14. The van der Waals surface area contributed by atoms with E-state index in [0.717, 1.165) is 11.5 Å². The quantitative estimate of drug-likeness (QED) is 0.795. The summed E-state index contributed by atoms with van der Waals surface area (Å²) in [4.78, 5) is 16.3. The fourth-order valence-corrected chi connectivity index (χ4v) is 2.46. The Labute approximate surface area is 135 Å². The number of amides is 1. The van der Waals surface area contributed by atoms with E-state index in [1.54, 1.807) is 0 Å². The predicted octanol–water partition coefficient (Wildman–Crippen LogP) is 3.78. The minimum absolute atomic E-state index is 0.0572. The molecule has 0 spiro atoms. The molecule has 2 aromatic rings. The first-order valence-electron chi connectivity index (χ1n) is 7.40. The number of carbonyl (C=O) groups is 1. The van der Waals surface area contributed by atoms with Crippen LogP contribution in [0.2, 0.25) is 0 Å². The number of nitrogens with one attached hydrogen (secondary N) is 2. The number of aromatic amines is 1. The number of H-pyrrole nitrogens is 1. The van der Waals surface area contributed by atoms with E-state index < -0.39 is 0 Å². The van der Waals surface area contributed by atoms with E-state index in [2.05, 4.69) is 34.3 Å². The van der Waals surface area contributed by atoms with Gasteiger partial charge >= 0.3 is 0 Å². The fraction of sp³-hybridized carbons (Fsp3) is 0.438. The van der Waals surface area contributed by atoms with Gasteiger partial charge in [0.1, 0.15) is 5.82 Å². The van der Waals surface area contributed by atoms with Crippen LogP contribution in [0.5, 0.6) is 0 Å². The molecule has 2 N–H and O–H groups in total. The lowest BCUT2D eigenvalue weighted by Gasteiger charge is -2.08. The number of carbonyl (C=O) groups excluding carboxylic acids is 1. The smallest absolute Gasteiger partial charge is 0.234 e. The number of thioether (sulfide) groups is 1. The van der Waals surface area contributed by atoms with Crippen molar-refractivity contribution in [2.45, 2.75) is 44.7 Å². The molecule has 22 heavy (non-hydrogen) atoms. The van der Waals surface area contributed by atoms with Crippen LogP contribution in [0.1, 0.15) is 50.9 Å². The van der Waals surface area contributed by atoms with E-state index in [9.17, 15) is 4.79 Å². The summed E-state index contributed by atoms with van der Waals surface area (Å²) in [6.45, 7) is 8.38. The van der Waals surface area contributed by atoms with Gasteiger partial charge in [0.2, 0.25) is 11.1 Å². The summed E-state index contributed by atoms with van der Waals surface area (Å²) in [5, 5.41) is 10.5. The van der Waals surface area contributed by atoms with Gasteiger partial charge in [-0.3, -0.25) is 9.89 Å². The van der Waals surface area contributed by atoms with Crippen molar-refractivity contribution in [2.24, 2.45) is 0 Å². The third kappa shape index (κ3) is 4.59. The molecule has 1 aromatic carbocycles. The topological polar surface area (TPSA) is 70.7 Å². The van der Waals surface area contributed by atoms with Crippen LogP contribution in [0.15, 0.2) is 29.4 Å². The minimum atomic E-state index is -0.0572. The monoisotopic (exact) mass is 318 g/mol. The molecule has 1 amide bonds. The number of rotatable bonds is 6. The van der Waals surface area contributed by atoms with Crippen LogP contribution in [-0.2, 0) is 4.79 Å². The van der Waals surface area contributed by atoms with Crippen LogP contribution in [0.3, 0.4) is 0 Å². The summed E-state index contributed by atoms with van der Waals surface area (Å²) in [6, 6.07) is 7.94. The Bertz CT molecular complexity index is 619. The van der Waals surface area contributed by atoms with E-state index >= 15 is 0 Å². The maximum absolute atomic E-state index is 11.9. The Hall–Kier alpha value is -1.82. The number of benzene rings is 1. The second kappa shape index (κ2) is 7.45. The highest BCUT2D eigenvalue weighted by Crippen LogP contribution is 2.19. The van der Waals surface area contributed by atoms with Gasteiger partial charge in [0.05, 0.1) is 5.75 Å². The van der Waals surface area contributed by atoms with Gasteiger partial charge in [0.25, 0.3) is 0 Å². The number of anilines is 1. The van der Waals surface area contributed by atoms with Crippen LogP contribution in [-0.4, -0.2) is 26.8 Å². The summed E-state index contributed by atoms with van der Waals surface area (Å²) < 4.78 is 0. The SMILES string of the molecule is CC(C)c1ccc(NC(=O)CSc2n[nH]c(C(C)C)n2)cc1. The first-order chi connectivity index (χ1) is 10.5. The standard InChI is InChI=1S/C16H22N4OS/c1-10(2)12-5-7-13(8-6-12)17-14(21)9-22-16-18-15(11(3)4)19-20-16/h5-8,10-11H,9H2,1-4H3,(H,17,21)(H,18,19,20). The average Bonchev–Trinajstić information content (AvgIpc) is 2.95. The molecule has 0 saturated heterocycles. The lowest BCUT2D eigenvalue weighted by molar-refractivity contribution is -0.113. The van der Waals surface area contributed by atoms with E-state index in [-0.39, 0.29) is 5.91 Å². The molecule has 118 valence electrons. The zero-order valence-corrected chi connectivity index (χ0v) is 14.2. The van der Waals surface area contributed by atoms with Crippen molar-refractivity contribution in [3.63, 3.8) is 0 Å². The second-order valence-electron chi connectivity index (χ2n) is 5.77. The molecule has 0 aliphatic rings. The van der Waals surface area contributed by atoms with Gasteiger partial charge in [-0.05, 0) is 23.6 Å². The molecule has 1 heterocycles. The number of aromatic nitrogens is 3. The van der Waals surface area contributed by atoms with Gasteiger partial charge in [-0.15, -0.1) is 5.10 Å². The maximum atomic E-state index is 11.9. The first-order valence-corrected chi connectivity index (χ1v) is 8.39. The van der Waals surface area contributed by atoms with Crippen molar-refractivity contribution >= 4 is 23.4 Å². The molecule has 1 aromatic heterocycles. The molecule has 0 unspecified atom stereocenters. The van der Waals surface area contributed by atoms with Crippen LogP contribution in [0.4, 0.5) is 5.69 Å². The van der Waals surface area contributed by atoms with Gasteiger partial charge in [0.15, 0.2) is 0 Å². The highest BCUT2D eigenvalue weighted by Gasteiger charge is 2.10. The molecule has 0 saturated carbocycles. The Balaban J connectivity index is 1.84. The van der Waals surface area contributed by atoms with Crippen molar-refractivity contribution in [2.75, 3.05) is 11.1 Å². The van der Waals surface area contributed by atoms with Gasteiger partial charge in [-0.2, -0.15) is 0 Å². The number of hydrogen-bond acceptors (Lipinski definition) is 4. The van der Waals surface area contributed by atoms with Crippen molar-refractivity contribution in [1.29, 1.82) is 0 Å². The summed E-state index contributed by atoms with van der Waals surface area (Å²) in [7, 11) is 0. The molecule has 5 nitrogen and oxygen atoms in total. The van der Waals surface area contributed by atoms with E-state index in [1.807, 2.05) is 38.1 Å². The van der Waals surface area contributed by atoms with Gasteiger partial charge in [-0.1, -0.05) is 51.6 Å². The predicted molar refractivity (Wildman–Crippen MR) is 90.4 cm³/mol. The molecule has 0 aliphatic carbocycles. The van der Waals surface area contributed by atoms with Crippen LogP contribution in [0.25, 0.3) is 0 Å². The molecular weight excluding hydrogens is 296 g/mol. The van der Waals surface area contributed by atoms with Crippen molar-refractivity contribution < 1.29 is 4.79 Å². The highest BCUT2D eigenvalue weighted by molar-refractivity contribution is 7.99. The van der Waals surface area contributed by atoms with Gasteiger partial charge in [-0.25, -0.2) is 4.98 Å². The molecule has 0 aliphatic heterocycles. The lowest BCUT2D eigenvalue weighted by atomic mass is 10.0. The Kier molecular flexibility index (Phi) is 5.60. The summed E-state index contributed by atoms with van der Waals surface area (Å²) in [6.07, 6.45) is 0. The summed E-state index contributed by atoms with van der Waals surface area (Å²) >= 11 is 1.33. The van der Waals surface area contributed by atoms with Gasteiger partial charge in [0, 0.05) is 11.6 Å². The molecule has 0 fully saturated rings. The van der Waals surface area contributed by atoms with E-state index in [4.69, 9.17) is 0 Å². The number of hydrogen-bond donors (Lipinski definition) is 2. The molecule has 6 heteroatoms. The third-order valence-electron chi connectivity index (χ3n) is 3.22. The van der Waals surface area contributed by atoms with E-state index in [0.29, 0.717) is 22.7 Å². The van der Waals surface area contributed by atoms with Crippen LogP contribution in [0, 0.1) is 0 Å². The third-order valence-corrected chi connectivity index (χ3v) is 4.07. The number of nitrogens with zero attached hydrogens (tertiary/aromatic N) is 2. The minimum Gasteiger partial charge on any atom is -0.325 e. The molecule has 0 atom stereocenters. The van der Waals surface area contributed by atoms with Crippen LogP contribution < -0.4 is 5.32 Å². The summed E-state index contributed by atoms with van der Waals surface area (Å²) in [5.74, 6) is 1.86. The molecule has 0 bridgehead atoms. The Morgan fingerprint density at radius 1 is 1.18 bits per heavy atom. The average molecular weight is 318 g/mol. The summed E-state index contributed by atoms with van der Waals surface area (Å²) in [5.41, 5.74) is 2.07. The van der Waals surface area contributed by atoms with Crippen LogP contribution >= 0.6 is 11.8 Å². The molecule has 2 rings (SSSR count). The first kappa shape index (κ1) is 16.5. The Morgan fingerprint density at radius 3 is 2.41 bits per heavy atom. The van der Waals surface area contributed by atoms with Crippen molar-refractivity contribution in [3.05, 3.63) is 35.7 Å². The molecule has 0 radical (unpaired) electrons. The largest absolute Gasteiger partial charge is 0.325 e.